The number of Topliss-reactive ketones (excluding diaryl/α,β-unsaturated/α-hetero) is 1. The summed E-state index contributed by atoms with van der Waals surface area (Å²) in [6.45, 7) is 7.74. The average Bonchev–Trinajstić information content (AvgIpc) is 2.65. The molecule has 0 spiro atoms. The van der Waals surface area contributed by atoms with E-state index < -0.39 is 5.60 Å². The summed E-state index contributed by atoms with van der Waals surface area (Å²) >= 11 is 0. The minimum absolute atomic E-state index is 0.00925. The maximum Gasteiger partial charge on any atom is 0.175 e. The summed E-state index contributed by atoms with van der Waals surface area (Å²) in [4.78, 5) is 21.0. The molecule has 1 fully saturated rings. The Morgan fingerprint density at radius 3 is 2.38 bits per heavy atom. The van der Waals surface area contributed by atoms with Crippen LogP contribution in [-0.4, -0.2) is 30.2 Å². The first kappa shape index (κ1) is 10.6. The van der Waals surface area contributed by atoms with Crippen LogP contribution in [0.5, 0.6) is 0 Å². The molecule has 4 nitrogen and oxygen atoms in total. The van der Waals surface area contributed by atoms with Crippen molar-refractivity contribution in [2.75, 3.05) is 13.2 Å². The van der Waals surface area contributed by atoms with Gasteiger partial charge in [-0.2, -0.15) is 0 Å². The Balaban J connectivity index is 2.24. The van der Waals surface area contributed by atoms with Crippen molar-refractivity contribution < 1.29 is 19.3 Å². The second-order valence-electron chi connectivity index (χ2n) is 4.30. The van der Waals surface area contributed by atoms with Gasteiger partial charge < -0.3 is 4.74 Å². The van der Waals surface area contributed by atoms with Gasteiger partial charge in [-0.05, 0) is 27.7 Å². The van der Waals surface area contributed by atoms with Crippen LogP contribution in [0.2, 0.25) is 0 Å². The van der Waals surface area contributed by atoms with Gasteiger partial charge in [-0.3, -0.25) is 4.79 Å². The van der Waals surface area contributed by atoms with Crippen LogP contribution in [0.15, 0.2) is 0 Å². The van der Waals surface area contributed by atoms with Crippen LogP contribution >= 0.6 is 0 Å². The average molecular weight is 188 g/mol. The molecule has 0 aromatic rings. The molecule has 0 radical (unpaired) electrons. The fourth-order valence-corrected chi connectivity index (χ4v) is 0.777. The van der Waals surface area contributed by atoms with E-state index >= 15 is 0 Å². The lowest BCUT2D eigenvalue weighted by molar-refractivity contribution is -0.352. The summed E-state index contributed by atoms with van der Waals surface area (Å²) in [7, 11) is 0. The molecule has 1 aliphatic rings. The molecule has 0 saturated carbocycles. The van der Waals surface area contributed by atoms with E-state index in [0.717, 1.165) is 0 Å². The minimum Gasteiger partial charge on any atom is -0.359 e. The zero-order valence-corrected chi connectivity index (χ0v) is 8.55. The summed E-state index contributed by atoms with van der Waals surface area (Å²) in [6, 6.07) is 0. The number of carbonyl (C=O) groups excluding carboxylic acids is 1. The highest BCUT2D eigenvalue weighted by molar-refractivity contribution is 5.87. The van der Waals surface area contributed by atoms with Crippen molar-refractivity contribution in [2.24, 2.45) is 0 Å². The number of hydrogen-bond donors (Lipinski definition) is 0. The lowest BCUT2D eigenvalue weighted by Gasteiger charge is -2.18. The fraction of sp³-hybridized carbons (Fsp3) is 0.889. The third kappa shape index (κ3) is 3.06. The summed E-state index contributed by atoms with van der Waals surface area (Å²) < 4.78 is 5.02. The van der Waals surface area contributed by atoms with Crippen LogP contribution in [-0.2, 0) is 19.3 Å². The minimum atomic E-state index is -0.717. The van der Waals surface area contributed by atoms with Crippen LogP contribution in [0, 0.1) is 0 Å². The molecule has 1 saturated heterocycles. The monoisotopic (exact) mass is 188 g/mol. The lowest BCUT2D eigenvalue weighted by atomic mass is 10.1. The number of carbonyl (C=O) groups is 1. The van der Waals surface area contributed by atoms with Gasteiger partial charge in [0.25, 0.3) is 0 Å². The molecule has 0 aliphatic carbocycles. The van der Waals surface area contributed by atoms with Gasteiger partial charge >= 0.3 is 0 Å². The van der Waals surface area contributed by atoms with Crippen molar-refractivity contribution in [1.29, 1.82) is 0 Å². The molecule has 1 aliphatic heterocycles. The number of epoxide rings is 1. The van der Waals surface area contributed by atoms with Crippen LogP contribution in [0.25, 0.3) is 0 Å². The topological polar surface area (TPSA) is 48.1 Å². The van der Waals surface area contributed by atoms with Gasteiger partial charge in [0.1, 0.15) is 6.61 Å². The van der Waals surface area contributed by atoms with Crippen molar-refractivity contribution >= 4 is 5.78 Å². The predicted molar refractivity (Wildman–Crippen MR) is 46.2 cm³/mol. The maximum atomic E-state index is 11.0. The molecule has 1 atom stereocenters. The smallest absolute Gasteiger partial charge is 0.175 e. The Hall–Kier alpha value is -0.450. The summed E-state index contributed by atoms with van der Waals surface area (Å²) in [5.74, 6) is -0.00925. The number of hydrogen-bond acceptors (Lipinski definition) is 4. The van der Waals surface area contributed by atoms with Crippen molar-refractivity contribution in [2.45, 2.75) is 38.9 Å². The highest BCUT2D eigenvalue weighted by atomic mass is 17.2. The molecule has 0 aromatic carbocycles. The number of ketones is 1. The number of ether oxygens (including phenoxy) is 1. The zero-order chi connectivity index (χ0) is 10.1. The third-order valence-electron chi connectivity index (χ3n) is 1.74. The van der Waals surface area contributed by atoms with E-state index in [9.17, 15) is 4.79 Å². The third-order valence-corrected chi connectivity index (χ3v) is 1.74. The molecule has 76 valence electrons. The Kier molecular flexibility index (Phi) is 2.75. The highest BCUT2D eigenvalue weighted by Gasteiger charge is 2.50. The van der Waals surface area contributed by atoms with Crippen molar-refractivity contribution in [3.63, 3.8) is 0 Å². The molecule has 0 bridgehead atoms. The first-order valence-electron chi connectivity index (χ1n) is 4.31. The number of rotatable bonds is 4. The van der Waals surface area contributed by atoms with Gasteiger partial charge in [0, 0.05) is 0 Å². The first-order chi connectivity index (χ1) is 5.86. The molecule has 13 heavy (non-hydrogen) atoms. The van der Waals surface area contributed by atoms with Gasteiger partial charge in [-0.25, -0.2) is 9.78 Å². The van der Waals surface area contributed by atoms with Gasteiger partial charge in [0.2, 0.25) is 0 Å². The van der Waals surface area contributed by atoms with E-state index in [2.05, 4.69) is 0 Å². The van der Waals surface area contributed by atoms with Crippen LogP contribution < -0.4 is 0 Å². The maximum absolute atomic E-state index is 11.0. The quantitative estimate of drug-likeness (QED) is 0.376. The van der Waals surface area contributed by atoms with Gasteiger partial charge in [-0.1, -0.05) is 0 Å². The standard InChI is InChI=1S/C9H16O4/c1-7(10)9(5-11-9)6-12-13-8(2,3)4/h5-6H2,1-4H3. The molecular formula is C9H16O4. The molecule has 1 heterocycles. The van der Waals surface area contributed by atoms with E-state index in [1.54, 1.807) is 0 Å². The first-order valence-corrected chi connectivity index (χ1v) is 4.31. The van der Waals surface area contributed by atoms with Crippen LogP contribution in [0.1, 0.15) is 27.7 Å². The Bertz CT molecular complexity index is 200. The van der Waals surface area contributed by atoms with E-state index in [1.807, 2.05) is 20.8 Å². The Morgan fingerprint density at radius 2 is 2.08 bits per heavy atom. The second kappa shape index (κ2) is 3.36. The molecule has 0 aromatic heterocycles. The SMILES string of the molecule is CC(=O)C1(COOC(C)(C)C)CO1. The van der Waals surface area contributed by atoms with Gasteiger partial charge in [0.15, 0.2) is 11.4 Å². The van der Waals surface area contributed by atoms with Crippen molar-refractivity contribution in [1.82, 2.24) is 0 Å². The molecule has 0 N–H and O–H groups in total. The normalized spacial score (nSPS) is 27.4. The second-order valence-corrected chi connectivity index (χ2v) is 4.30. The summed E-state index contributed by atoms with van der Waals surface area (Å²) in [5.41, 5.74) is -1.07. The van der Waals surface area contributed by atoms with Gasteiger partial charge in [-0.15, -0.1) is 0 Å². The van der Waals surface area contributed by atoms with E-state index in [-0.39, 0.29) is 18.0 Å². The van der Waals surface area contributed by atoms with E-state index in [1.165, 1.54) is 6.92 Å². The van der Waals surface area contributed by atoms with Gasteiger partial charge in [0.05, 0.1) is 12.2 Å². The van der Waals surface area contributed by atoms with E-state index in [0.29, 0.717) is 6.61 Å². The van der Waals surface area contributed by atoms with Crippen molar-refractivity contribution in [3.8, 4) is 0 Å². The zero-order valence-electron chi connectivity index (χ0n) is 8.55. The summed E-state index contributed by atoms with van der Waals surface area (Å²) in [6.07, 6.45) is 0. The van der Waals surface area contributed by atoms with E-state index in [4.69, 9.17) is 14.5 Å². The Morgan fingerprint density at radius 1 is 1.54 bits per heavy atom. The molecule has 1 unspecified atom stereocenters. The highest BCUT2D eigenvalue weighted by Crippen LogP contribution is 2.28. The predicted octanol–water partition coefficient (Wildman–Crippen LogP) is 1.09. The largest absolute Gasteiger partial charge is 0.359 e. The fourth-order valence-electron chi connectivity index (χ4n) is 0.777. The van der Waals surface area contributed by atoms with Crippen LogP contribution in [0.4, 0.5) is 0 Å². The van der Waals surface area contributed by atoms with Crippen molar-refractivity contribution in [3.05, 3.63) is 0 Å². The molecular weight excluding hydrogens is 172 g/mol. The summed E-state index contributed by atoms with van der Waals surface area (Å²) in [5, 5.41) is 0. The molecule has 0 amide bonds. The Labute approximate surface area is 78.1 Å². The molecule has 4 heteroatoms. The molecule has 1 rings (SSSR count). The van der Waals surface area contributed by atoms with Crippen LogP contribution in [0.3, 0.4) is 0 Å². The lowest BCUT2D eigenvalue weighted by Crippen LogP contribution is -2.30.